The first kappa shape index (κ1) is 20.2. The minimum absolute atomic E-state index is 0.388. The molecule has 158 valence electrons. The molecule has 0 radical (unpaired) electrons. The van der Waals surface area contributed by atoms with Gasteiger partial charge in [0.15, 0.2) is 0 Å². The highest BCUT2D eigenvalue weighted by Crippen LogP contribution is 2.29. The zero-order chi connectivity index (χ0) is 21.1. The Morgan fingerprint density at radius 3 is 2.63 bits per heavy atom. The number of likely N-dealkylation sites (tertiary alicyclic amines) is 1. The molecule has 7 nitrogen and oxygen atoms in total. The van der Waals surface area contributed by atoms with E-state index in [9.17, 15) is 4.79 Å². The lowest BCUT2D eigenvalue weighted by Gasteiger charge is -2.33. The first-order valence-electron chi connectivity index (χ1n) is 10.3. The van der Waals surface area contributed by atoms with Gasteiger partial charge >= 0.3 is 0 Å². The molecule has 2 N–H and O–H groups in total. The van der Waals surface area contributed by atoms with Crippen molar-refractivity contribution in [2.24, 2.45) is 5.73 Å². The average molecular weight is 409 g/mol. The molecule has 1 aliphatic heterocycles. The third kappa shape index (κ3) is 4.11. The molecule has 0 saturated carbocycles. The summed E-state index contributed by atoms with van der Waals surface area (Å²) in [6.07, 6.45) is 5.07. The molecular weight excluding hydrogens is 380 g/mol. The van der Waals surface area contributed by atoms with Gasteiger partial charge in [0.25, 0.3) is 0 Å². The number of nitrogens with two attached hydrogens (primary N) is 1. The zero-order valence-electron chi connectivity index (χ0n) is 17.5. The Morgan fingerprint density at radius 1 is 1.13 bits per heavy atom. The summed E-state index contributed by atoms with van der Waals surface area (Å²) in [7, 11) is 3.30. The van der Waals surface area contributed by atoms with Crippen LogP contribution in [0.1, 0.15) is 34.9 Å². The third-order valence-electron chi connectivity index (χ3n) is 5.96. The SMILES string of the molecule is COc1ccc(OC)c(CCN2CCC(n3ccc4ccc(C(N)=O)cc43)CC2)n1. The van der Waals surface area contributed by atoms with Gasteiger partial charge in [0, 0.05) is 55.4 Å². The number of primary amides is 1. The molecule has 3 aromatic rings. The number of fused-ring (bicyclic) bond motifs is 1. The fraction of sp³-hybridized carbons (Fsp3) is 0.391. The van der Waals surface area contributed by atoms with Gasteiger partial charge in [0.05, 0.1) is 19.9 Å². The van der Waals surface area contributed by atoms with E-state index >= 15 is 0 Å². The topological polar surface area (TPSA) is 82.6 Å². The van der Waals surface area contributed by atoms with Crippen LogP contribution < -0.4 is 15.2 Å². The summed E-state index contributed by atoms with van der Waals surface area (Å²) in [5, 5.41) is 1.14. The smallest absolute Gasteiger partial charge is 0.248 e. The number of pyridine rings is 1. The molecule has 0 spiro atoms. The monoisotopic (exact) mass is 408 g/mol. The van der Waals surface area contributed by atoms with Gasteiger partial charge < -0.3 is 24.7 Å². The van der Waals surface area contributed by atoms with E-state index < -0.39 is 0 Å². The van der Waals surface area contributed by atoms with Gasteiger partial charge in [-0.05, 0) is 42.5 Å². The number of aromatic nitrogens is 2. The van der Waals surface area contributed by atoms with E-state index in [1.165, 1.54) is 0 Å². The normalized spacial score (nSPS) is 15.4. The number of ether oxygens (including phenoxy) is 2. The van der Waals surface area contributed by atoms with Gasteiger partial charge in [0.2, 0.25) is 11.8 Å². The maximum atomic E-state index is 11.6. The van der Waals surface area contributed by atoms with E-state index in [0.29, 0.717) is 17.5 Å². The molecule has 4 rings (SSSR count). The van der Waals surface area contributed by atoms with Crippen LogP contribution >= 0.6 is 0 Å². The molecule has 0 unspecified atom stereocenters. The van der Waals surface area contributed by atoms with Crippen LogP contribution in [0.4, 0.5) is 0 Å². The Bertz CT molecular complexity index is 1040. The number of hydrogen-bond acceptors (Lipinski definition) is 5. The van der Waals surface area contributed by atoms with Crippen molar-refractivity contribution in [2.75, 3.05) is 33.9 Å². The predicted molar refractivity (Wildman–Crippen MR) is 116 cm³/mol. The van der Waals surface area contributed by atoms with Crippen molar-refractivity contribution < 1.29 is 14.3 Å². The molecule has 1 amide bonds. The molecule has 0 atom stereocenters. The van der Waals surface area contributed by atoms with E-state index in [1.807, 2.05) is 24.3 Å². The maximum absolute atomic E-state index is 11.6. The summed E-state index contributed by atoms with van der Waals surface area (Å²) >= 11 is 0. The molecule has 0 bridgehead atoms. The van der Waals surface area contributed by atoms with Crippen molar-refractivity contribution in [1.29, 1.82) is 0 Å². The number of piperidine rings is 1. The van der Waals surface area contributed by atoms with Crippen LogP contribution in [0.25, 0.3) is 10.9 Å². The largest absolute Gasteiger partial charge is 0.495 e. The minimum atomic E-state index is -0.388. The van der Waals surface area contributed by atoms with Crippen LogP contribution in [-0.4, -0.2) is 54.2 Å². The van der Waals surface area contributed by atoms with E-state index in [1.54, 1.807) is 20.3 Å². The Balaban J connectivity index is 1.39. The first-order chi connectivity index (χ1) is 14.6. The molecule has 0 aliphatic carbocycles. The lowest BCUT2D eigenvalue weighted by Crippen LogP contribution is -2.36. The molecule has 1 aliphatic rings. The molecule has 1 aromatic carbocycles. The molecule has 7 heteroatoms. The number of carbonyl (C=O) groups excluding carboxylic acids is 1. The van der Waals surface area contributed by atoms with Crippen LogP contribution in [-0.2, 0) is 6.42 Å². The van der Waals surface area contributed by atoms with Gasteiger partial charge in [-0.2, -0.15) is 0 Å². The number of amides is 1. The summed E-state index contributed by atoms with van der Waals surface area (Å²) in [6, 6.07) is 11.9. The number of rotatable bonds is 7. The van der Waals surface area contributed by atoms with Crippen molar-refractivity contribution in [3.8, 4) is 11.6 Å². The highest BCUT2D eigenvalue weighted by molar-refractivity contribution is 5.97. The van der Waals surface area contributed by atoms with E-state index in [4.69, 9.17) is 15.2 Å². The second kappa shape index (κ2) is 8.75. The molecule has 2 aromatic heterocycles. The fourth-order valence-electron chi connectivity index (χ4n) is 4.25. The number of nitrogens with zero attached hydrogens (tertiary/aromatic N) is 3. The lowest BCUT2D eigenvalue weighted by molar-refractivity contribution is 0.100. The van der Waals surface area contributed by atoms with E-state index in [-0.39, 0.29) is 5.91 Å². The van der Waals surface area contributed by atoms with Crippen molar-refractivity contribution >= 4 is 16.8 Å². The minimum Gasteiger partial charge on any atom is -0.495 e. The summed E-state index contributed by atoms with van der Waals surface area (Å²) in [6.45, 7) is 2.97. The quantitative estimate of drug-likeness (QED) is 0.650. The standard InChI is InChI=1S/C23H28N4O3/c1-29-21-5-6-22(30-2)25-19(21)10-13-26-11-8-18(9-12-26)27-14-7-16-3-4-17(23(24)28)15-20(16)27/h3-7,14-15,18H,8-13H2,1-2H3,(H2,24,28). The van der Waals surface area contributed by atoms with Crippen LogP contribution in [0, 0.1) is 0 Å². The molecular formula is C23H28N4O3. The Morgan fingerprint density at radius 2 is 1.93 bits per heavy atom. The van der Waals surface area contributed by atoms with Crippen molar-refractivity contribution in [1.82, 2.24) is 14.5 Å². The molecule has 30 heavy (non-hydrogen) atoms. The Labute approximate surface area is 176 Å². The van der Waals surface area contributed by atoms with Crippen LogP contribution in [0.2, 0.25) is 0 Å². The van der Waals surface area contributed by atoms with Crippen molar-refractivity contribution in [2.45, 2.75) is 25.3 Å². The number of carbonyl (C=O) groups is 1. The third-order valence-corrected chi connectivity index (χ3v) is 5.96. The zero-order valence-corrected chi connectivity index (χ0v) is 17.5. The van der Waals surface area contributed by atoms with Crippen molar-refractivity contribution in [3.05, 3.63) is 53.9 Å². The summed E-state index contributed by atoms with van der Waals surface area (Å²) < 4.78 is 13.0. The summed E-state index contributed by atoms with van der Waals surface area (Å²) in [5.74, 6) is 1.02. The highest BCUT2D eigenvalue weighted by Gasteiger charge is 2.22. The summed E-state index contributed by atoms with van der Waals surface area (Å²) in [5.41, 5.74) is 8.02. The van der Waals surface area contributed by atoms with E-state index in [0.717, 1.165) is 61.2 Å². The molecule has 1 fully saturated rings. The van der Waals surface area contributed by atoms with Crippen LogP contribution in [0.15, 0.2) is 42.6 Å². The number of hydrogen-bond donors (Lipinski definition) is 1. The van der Waals surface area contributed by atoms with Crippen molar-refractivity contribution in [3.63, 3.8) is 0 Å². The van der Waals surface area contributed by atoms with Gasteiger partial charge in [-0.25, -0.2) is 4.98 Å². The molecule has 1 saturated heterocycles. The van der Waals surface area contributed by atoms with Gasteiger partial charge in [0.1, 0.15) is 5.75 Å². The first-order valence-corrected chi connectivity index (χ1v) is 10.3. The summed E-state index contributed by atoms with van der Waals surface area (Å²) in [4.78, 5) is 18.6. The lowest BCUT2D eigenvalue weighted by atomic mass is 10.0. The van der Waals surface area contributed by atoms with Gasteiger partial charge in [-0.15, -0.1) is 0 Å². The van der Waals surface area contributed by atoms with E-state index in [2.05, 4.69) is 26.7 Å². The van der Waals surface area contributed by atoms with Crippen LogP contribution in [0.3, 0.4) is 0 Å². The number of methoxy groups -OCH3 is 2. The van der Waals surface area contributed by atoms with Gasteiger partial charge in [-0.3, -0.25) is 4.79 Å². The van der Waals surface area contributed by atoms with Crippen LogP contribution in [0.5, 0.6) is 11.6 Å². The highest BCUT2D eigenvalue weighted by atomic mass is 16.5. The molecule has 3 heterocycles. The Hall–Kier alpha value is -3.06. The maximum Gasteiger partial charge on any atom is 0.248 e. The average Bonchev–Trinajstić information content (AvgIpc) is 3.21. The predicted octanol–water partition coefficient (Wildman–Crippen LogP) is 3.03. The number of benzene rings is 1. The second-order valence-electron chi connectivity index (χ2n) is 7.69. The fourth-order valence-corrected chi connectivity index (χ4v) is 4.25. The Kier molecular flexibility index (Phi) is 5.90. The second-order valence-corrected chi connectivity index (χ2v) is 7.69. The van der Waals surface area contributed by atoms with Gasteiger partial charge in [-0.1, -0.05) is 6.07 Å².